The standard InChI is InChI=1S/C27H20Cl3N5O2S/c1-15-24(26(37)35-18-4-2-17(28)3-5-18)25(16-8-10-32-11-9-16)20(13-31)27(33-15)38-14-23(36)34-19-6-7-21(29)22(30)12-19/h2-12,25,33H,14H2,1H3,(H,34,36)(H,35,37)/t25-/m1/s1. The lowest BCUT2D eigenvalue weighted by Crippen LogP contribution is -2.31. The third kappa shape index (κ3) is 6.50. The second-order valence-corrected chi connectivity index (χ2v) is 10.4. The predicted molar refractivity (Wildman–Crippen MR) is 153 cm³/mol. The maximum atomic E-state index is 13.5. The molecule has 2 aromatic carbocycles. The minimum Gasteiger partial charge on any atom is -0.353 e. The van der Waals surface area contributed by atoms with Gasteiger partial charge in [0, 0.05) is 40.1 Å². The van der Waals surface area contributed by atoms with Gasteiger partial charge in [0.15, 0.2) is 0 Å². The minimum atomic E-state index is -0.669. The Kier molecular flexibility index (Phi) is 8.97. The van der Waals surface area contributed by atoms with Gasteiger partial charge in [-0.3, -0.25) is 14.6 Å². The average Bonchev–Trinajstić information content (AvgIpc) is 2.90. The van der Waals surface area contributed by atoms with Crippen molar-refractivity contribution in [3.05, 3.63) is 109 Å². The van der Waals surface area contributed by atoms with Gasteiger partial charge in [0.1, 0.15) is 0 Å². The number of dihydropyridines is 1. The summed E-state index contributed by atoms with van der Waals surface area (Å²) in [5.74, 6) is -1.32. The van der Waals surface area contributed by atoms with E-state index in [9.17, 15) is 14.9 Å². The smallest absolute Gasteiger partial charge is 0.254 e. The van der Waals surface area contributed by atoms with Gasteiger partial charge in [-0.15, -0.1) is 0 Å². The van der Waals surface area contributed by atoms with Crippen molar-refractivity contribution in [3.63, 3.8) is 0 Å². The zero-order valence-electron chi connectivity index (χ0n) is 19.9. The first-order chi connectivity index (χ1) is 18.3. The zero-order valence-corrected chi connectivity index (χ0v) is 23.0. The fourth-order valence-corrected chi connectivity index (χ4v) is 5.17. The topological polar surface area (TPSA) is 107 Å². The van der Waals surface area contributed by atoms with Crippen molar-refractivity contribution < 1.29 is 9.59 Å². The molecule has 38 heavy (non-hydrogen) atoms. The molecule has 0 unspecified atom stereocenters. The Morgan fingerprint density at radius 1 is 1.00 bits per heavy atom. The van der Waals surface area contributed by atoms with Crippen LogP contribution in [0.5, 0.6) is 0 Å². The minimum absolute atomic E-state index is 0.0103. The monoisotopic (exact) mass is 583 g/mol. The lowest BCUT2D eigenvalue weighted by Gasteiger charge is -2.29. The largest absolute Gasteiger partial charge is 0.353 e. The van der Waals surface area contributed by atoms with E-state index in [4.69, 9.17) is 34.8 Å². The van der Waals surface area contributed by atoms with E-state index < -0.39 is 5.92 Å². The molecule has 0 fully saturated rings. The van der Waals surface area contributed by atoms with Crippen LogP contribution in [0.2, 0.25) is 15.1 Å². The number of hydrogen-bond donors (Lipinski definition) is 3. The molecule has 7 nitrogen and oxygen atoms in total. The lowest BCUT2D eigenvalue weighted by molar-refractivity contribution is -0.114. The summed E-state index contributed by atoms with van der Waals surface area (Å²) >= 11 is 19.1. The number of hydrogen-bond acceptors (Lipinski definition) is 6. The van der Waals surface area contributed by atoms with Gasteiger partial charge in [-0.1, -0.05) is 46.6 Å². The van der Waals surface area contributed by atoms with Crippen LogP contribution in [0.15, 0.2) is 88.9 Å². The molecule has 1 aliphatic heterocycles. The third-order valence-corrected chi connectivity index (χ3v) is 7.59. The number of halogens is 3. The van der Waals surface area contributed by atoms with Crippen LogP contribution in [0.3, 0.4) is 0 Å². The van der Waals surface area contributed by atoms with Gasteiger partial charge in [-0.25, -0.2) is 0 Å². The first-order valence-corrected chi connectivity index (χ1v) is 13.4. The number of rotatable bonds is 7. The fourth-order valence-electron chi connectivity index (χ4n) is 3.86. The molecule has 0 radical (unpaired) electrons. The molecule has 0 spiro atoms. The van der Waals surface area contributed by atoms with Crippen LogP contribution in [0.25, 0.3) is 0 Å². The van der Waals surface area contributed by atoms with Gasteiger partial charge < -0.3 is 16.0 Å². The van der Waals surface area contributed by atoms with E-state index in [0.29, 0.717) is 48.3 Å². The molecule has 3 N–H and O–H groups in total. The first kappa shape index (κ1) is 27.6. The Hall–Kier alpha value is -3.48. The Balaban J connectivity index is 1.59. The maximum Gasteiger partial charge on any atom is 0.254 e. The van der Waals surface area contributed by atoms with Crippen molar-refractivity contribution in [2.45, 2.75) is 12.8 Å². The number of anilines is 2. The number of nitrogens with zero attached hydrogens (tertiary/aromatic N) is 2. The fraction of sp³-hybridized carbons (Fsp3) is 0.111. The van der Waals surface area contributed by atoms with Crippen molar-refractivity contribution >= 4 is 69.8 Å². The summed E-state index contributed by atoms with van der Waals surface area (Å²) in [6.45, 7) is 1.76. The average molecular weight is 585 g/mol. The predicted octanol–water partition coefficient (Wildman–Crippen LogP) is 6.75. The molecule has 2 amide bonds. The van der Waals surface area contributed by atoms with E-state index in [1.165, 1.54) is 11.8 Å². The molecule has 3 aromatic rings. The number of carbonyl (C=O) groups is 2. The van der Waals surface area contributed by atoms with E-state index in [2.05, 4.69) is 27.0 Å². The summed E-state index contributed by atoms with van der Waals surface area (Å²) in [5.41, 5.74) is 3.04. The van der Waals surface area contributed by atoms with Gasteiger partial charge >= 0.3 is 0 Å². The molecular weight excluding hydrogens is 565 g/mol. The van der Waals surface area contributed by atoms with Gasteiger partial charge in [-0.2, -0.15) is 5.26 Å². The number of amides is 2. The summed E-state index contributed by atoms with van der Waals surface area (Å²) in [6, 6.07) is 17.3. The number of pyridine rings is 1. The summed E-state index contributed by atoms with van der Waals surface area (Å²) in [5, 5.41) is 20.7. The number of allylic oxidation sites excluding steroid dienone is 2. The Morgan fingerprint density at radius 3 is 2.34 bits per heavy atom. The summed E-state index contributed by atoms with van der Waals surface area (Å²) in [7, 11) is 0. The molecule has 0 saturated heterocycles. The van der Waals surface area contributed by atoms with Crippen molar-refractivity contribution in [3.8, 4) is 6.07 Å². The van der Waals surface area contributed by atoms with Crippen LogP contribution < -0.4 is 16.0 Å². The molecule has 4 rings (SSSR count). The van der Waals surface area contributed by atoms with E-state index in [1.807, 2.05) is 0 Å². The molecule has 2 heterocycles. The highest BCUT2D eigenvalue weighted by Crippen LogP contribution is 2.41. The molecule has 1 aliphatic rings. The molecule has 1 atom stereocenters. The van der Waals surface area contributed by atoms with Crippen molar-refractivity contribution in [1.82, 2.24) is 10.3 Å². The van der Waals surface area contributed by atoms with Crippen LogP contribution >= 0.6 is 46.6 Å². The molecular formula is C27H20Cl3N5O2S. The van der Waals surface area contributed by atoms with E-state index in [0.717, 1.165) is 5.56 Å². The van der Waals surface area contributed by atoms with Gasteiger partial charge in [-0.05, 0) is 67.1 Å². The molecule has 0 aliphatic carbocycles. The lowest BCUT2D eigenvalue weighted by atomic mass is 9.82. The van der Waals surface area contributed by atoms with Crippen LogP contribution in [0, 0.1) is 11.3 Å². The van der Waals surface area contributed by atoms with E-state index in [-0.39, 0.29) is 17.6 Å². The molecule has 0 bridgehead atoms. The van der Waals surface area contributed by atoms with Crippen molar-refractivity contribution in [2.75, 3.05) is 16.4 Å². The highest BCUT2D eigenvalue weighted by molar-refractivity contribution is 8.03. The first-order valence-electron chi connectivity index (χ1n) is 11.2. The SMILES string of the molecule is CC1=C(C(=O)Nc2ccc(Cl)cc2)[C@H](c2ccncc2)C(C#N)=C(SCC(=O)Nc2ccc(Cl)c(Cl)c2)N1. The number of carbonyl (C=O) groups excluding carboxylic acids is 2. The van der Waals surface area contributed by atoms with Crippen LogP contribution in [-0.4, -0.2) is 22.6 Å². The van der Waals surface area contributed by atoms with Crippen LogP contribution in [-0.2, 0) is 9.59 Å². The second-order valence-electron chi connectivity index (χ2n) is 8.16. The quantitative estimate of drug-likeness (QED) is 0.284. The maximum absolute atomic E-state index is 13.5. The van der Waals surface area contributed by atoms with Crippen molar-refractivity contribution in [2.24, 2.45) is 0 Å². The summed E-state index contributed by atoms with van der Waals surface area (Å²) in [6.07, 6.45) is 3.21. The van der Waals surface area contributed by atoms with Crippen molar-refractivity contribution in [1.29, 1.82) is 5.26 Å². The molecule has 0 saturated carbocycles. The molecule has 1 aromatic heterocycles. The summed E-state index contributed by atoms with van der Waals surface area (Å²) < 4.78 is 0. The Morgan fingerprint density at radius 2 is 1.68 bits per heavy atom. The van der Waals surface area contributed by atoms with Crippen LogP contribution in [0.1, 0.15) is 18.4 Å². The summed E-state index contributed by atoms with van der Waals surface area (Å²) in [4.78, 5) is 30.2. The van der Waals surface area contributed by atoms with Gasteiger partial charge in [0.2, 0.25) is 5.91 Å². The number of thioether (sulfide) groups is 1. The van der Waals surface area contributed by atoms with E-state index >= 15 is 0 Å². The molecule has 192 valence electrons. The third-order valence-electron chi connectivity index (χ3n) is 5.58. The Labute approximate surface area is 238 Å². The van der Waals surface area contributed by atoms with E-state index in [1.54, 1.807) is 73.9 Å². The second kappa shape index (κ2) is 12.4. The number of aromatic nitrogens is 1. The highest BCUT2D eigenvalue weighted by Gasteiger charge is 2.35. The van der Waals surface area contributed by atoms with Gasteiger partial charge in [0.05, 0.1) is 38.4 Å². The number of nitrogens with one attached hydrogen (secondary N) is 3. The number of nitriles is 1. The molecule has 11 heteroatoms. The van der Waals surface area contributed by atoms with Crippen LogP contribution in [0.4, 0.5) is 11.4 Å². The highest BCUT2D eigenvalue weighted by atomic mass is 35.5. The Bertz CT molecular complexity index is 1480. The normalized spacial score (nSPS) is 15.0. The number of benzene rings is 2. The van der Waals surface area contributed by atoms with Gasteiger partial charge in [0.25, 0.3) is 5.91 Å². The zero-order chi connectivity index (χ0) is 27.2.